The van der Waals surface area contributed by atoms with E-state index in [2.05, 4.69) is 16.2 Å². The van der Waals surface area contributed by atoms with Gasteiger partial charge in [-0.3, -0.25) is 0 Å². The van der Waals surface area contributed by atoms with E-state index in [0.717, 1.165) is 25.8 Å². The number of anilines is 1. The van der Waals surface area contributed by atoms with E-state index in [1.165, 1.54) is 12.3 Å². The van der Waals surface area contributed by atoms with E-state index in [4.69, 9.17) is 11.5 Å². The van der Waals surface area contributed by atoms with Crippen LogP contribution in [0.25, 0.3) is 0 Å². The van der Waals surface area contributed by atoms with Crippen molar-refractivity contribution in [3.63, 3.8) is 0 Å². The first-order valence-electron chi connectivity index (χ1n) is 5.10. The molecule has 1 rings (SSSR count). The van der Waals surface area contributed by atoms with Crippen LogP contribution < -0.4 is 5.32 Å². The first-order chi connectivity index (χ1) is 7.74. The minimum atomic E-state index is -0.965. The second-order valence-electron chi connectivity index (χ2n) is 3.33. The number of carboxylic acids is 1. The van der Waals surface area contributed by atoms with Gasteiger partial charge >= 0.3 is 5.97 Å². The van der Waals surface area contributed by atoms with Crippen molar-refractivity contribution >= 4 is 11.8 Å². The van der Waals surface area contributed by atoms with E-state index in [1.54, 1.807) is 6.07 Å². The Morgan fingerprint density at radius 1 is 1.50 bits per heavy atom. The van der Waals surface area contributed by atoms with Crippen molar-refractivity contribution in [2.45, 2.75) is 19.3 Å². The highest BCUT2D eigenvalue weighted by atomic mass is 16.4. The molecule has 4 nitrogen and oxygen atoms in total. The number of unbranched alkanes of at least 4 members (excludes halogenated alkanes) is 2. The molecular formula is C12H14N2O2. The maximum absolute atomic E-state index is 10.6. The molecule has 0 spiro atoms. The van der Waals surface area contributed by atoms with E-state index in [-0.39, 0.29) is 5.56 Å². The number of carbonyl (C=O) groups is 1. The van der Waals surface area contributed by atoms with Crippen LogP contribution in [-0.4, -0.2) is 22.6 Å². The molecule has 0 unspecified atom stereocenters. The first kappa shape index (κ1) is 12.1. The standard InChI is InChI=1S/C12H14N2O2/c1-2-3-4-5-8-13-11-7-6-10(9-14-11)12(15)16/h1,6-7,9H,3-5,8H2,(H,13,14)(H,15,16). The summed E-state index contributed by atoms with van der Waals surface area (Å²) in [7, 11) is 0. The quantitative estimate of drug-likeness (QED) is 0.566. The van der Waals surface area contributed by atoms with E-state index in [0.29, 0.717) is 5.82 Å². The normalized spacial score (nSPS) is 9.44. The summed E-state index contributed by atoms with van der Waals surface area (Å²) in [4.78, 5) is 14.6. The summed E-state index contributed by atoms with van der Waals surface area (Å²) >= 11 is 0. The molecule has 0 saturated carbocycles. The number of terminal acetylenes is 1. The lowest BCUT2D eigenvalue weighted by Crippen LogP contribution is -2.04. The van der Waals surface area contributed by atoms with E-state index in [1.807, 2.05) is 0 Å². The third-order valence-corrected chi connectivity index (χ3v) is 2.06. The first-order valence-corrected chi connectivity index (χ1v) is 5.10. The SMILES string of the molecule is C#CCCCCNc1ccc(C(=O)O)cn1. The van der Waals surface area contributed by atoms with Crippen LogP contribution in [0.3, 0.4) is 0 Å². The molecule has 0 amide bonds. The molecule has 0 radical (unpaired) electrons. The van der Waals surface area contributed by atoms with Gasteiger partial charge in [-0.15, -0.1) is 12.3 Å². The topological polar surface area (TPSA) is 62.2 Å². The van der Waals surface area contributed by atoms with Gasteiger partial charge in [-0.25, -0.2) is 9.78 Å². The largest absolute Gasteiger partial charge is 0.478 e. The van der Waals surface area contributed by atoms with Gasteiger partial charge in [0.1, 0.15) is 5.82 Å². The molecule has 0 aliphatic rings. The van der Waals surface area contributed by atoms with Gasteiger partial charge in [0.2, 0.25) is 0 Å². The number of nitrogens with zero attached hydrogens (tertiary/aromatic N) is 1. The predicted molar refractivity (Wildman–Crippen MR) is 62.4 cm³/mol. The number of aromatic carboxylic acids is 1. The Kier molecular flexibility index (Phi) is 4.87. The van der Waals surface area contributed by atoms with Crippen LogP contribution >= 0.6 is 0 Å². The molecule has 1 aromatic rings. The zero-order chi connectivity index (χ0) is 11.8. The number of carboxylic acid groups (broad SMARTS) is 1. The van der Waals surface area contributed by atoms with Crippen molar-refractivity contribution < 1.29 is 9.90 Å². The third-order valence-electron chi connectivity index (χ3n) is 2.06. The fourth-order valence-corrected chi connectivity index (χ4v) is 1.19. The molecule has 0 fully saturated rings. The molecule has 1 heterocycles. The number of rotatable bonds is 6. The van der Waals surface area contributed by atoms with Gasteiger partial charge in [-0.05, 0) is 25.0 Å². The Bertz CT molecular complexity index is 379. The zero-order valence-corrected chi connectivity index (χ0v) is 8.94. The molecule has 2 N–H and O–H groups in total. The molecule has 4 heteroatoms. The van der Waals surface area contributed by atoms with Crippen molar-refractivity contribution in [2.75, 3.05) is 11.9 Å². The van der Waals surface area contributed by atoms with E-state index in [9.17, 15) is 4.79 Å². The lowest BCUT2D eigenvalue weighted by Gasteiger charge is -2.04. The van der Waals surface area contributed by atoms with Crippen molar-refractivity contribution in [1.29, 1.82) is 0 Å². The number of pyridine rings is 1. The van der Waals surface area contributed by atoms with Crippen LogP contribution in [0.2, 0.25) is 0 Å². The monoisotopic (exact) mass is 218 g/mol. The summed E-state index contributed by atoms with van der Waals surface area (Å²) in [5.41, 5.74) is 0.192. The maximum Gasteiger partial charge on any atom is 0.337 e. The highest BCUT2D eigenvalue weighted by Crippen LogP contribution is 2.05. The van der Waals surface area contributed by atoms with Crippen LogP contribution in [0.4, 0.5) is 5.82 Å². The van der Waals surface area contributed by atoms with E-state index < -0.39 is 5.97 Å². The molecule has 0 aliphatic heterocycles. The summed E-state index contributed by atoms with van der Waals surface area (Å²) in [5.74, 6) is 2.30. The lowest BCUT2D eigenvalue weighted by molar-refractivity contribution is 0.0696. The Morgan fingerprint density at radius 3 is 2.88 bits per heavy atom. The smallest absolute Gasteiger partial charge is 0.337 e. The Balaban J connectivity index is 2.33. The molecule has 84 valence electrons. The number of hydrogen-bond acceptors (Lipinski definition) is 3. The van der Waals surface area contributed by atoms with Crippen molar-refractivity contribution in [1.82, 2.24) is 4.98 Å². The van der Waals surface area contributed by atoms with Crippen LogP contribution in [0.15, 0.2) is 18.3 Å². The summed E-state index contributed by atoms with van der Waals surface area (Å²) < 4.78 is 0. The number of nitrogens with one attached hydrogen (secondary N) is 1. The van der Waals surface area contributed by atoms with E-state index >= 15 is 0 Å². The Labute approximate surface area is 94.7 Å². The van der Waals surface area contributed by atoms with Crippen molar-refractivity contribution in [3.05, 3.63) is 23.9 Å². The lowest BCUT2D eigenvalue weighted by atomic mass is 10.2. The average molecular weight is 218 g/mol. The van der Waals surface area contributed by atoms with Gasteiger partial charge in [0.15, 0.2) is 0 Å². The molecule has 1 aromatic heterocycles. The van der Waals surface area contributed by atoms with Gasteiger partial charge in [-0.2, -0.15) is 0 Å². The molecular weight excluding hydrogens is 204 g/mol. The highest BCUT2D eigenvalue weighted by molar-refractivity contribution is 5.87. The minimum absolute atomic E-state index is 0.192. The fourth-order valence-electron chi connectivity index (χ4n) is 1.19. The van der Waals surface area contributed by atoms with Gasteiger partial charge in [0.05, 0.1) is 5.56 Å². The average Bonchev–Trinajstić information content (AvgIpc) is 2.29. The maximum atomic E-state index is 10.6. The molecule has 0 aromatic carbocycles. The summed E-state index contributed by atoms with van der Waals surface area (Å²) in [5, 5.41) is 11.8. The predicted octanol–water partition coefficient (Wildman–Crippen LogP) is 2.00. The van der Waals surface area contributed by atoms with Gasteiger partial charge in [-0.1, -0.05) is 0 Å². The summed E-state index contributed by atoms with van der Waals surface area (Å²) in [6.07, 6.45) is 9.21. The highest BCUT2D eigenvalue weighted by Gasteiger charge is 2.01. The van der Waals surface area contributed by atoms with Crippen molar-refractivity contribution in [3.8, 4) is 12.3 Å². The third kappa shape index (κ3) is 4.01. The van der Waals surface area contributed by atoms with Crippen LogP contribution in [0, 0.1) is 12.3 Å². The summed E-state index contributed by atoms with van der Waals surface area (Å²) in [6, 6.07) is 3.18. The minimum Gasteiger partial charge on any atom is -0.478 e. The molecule has 0 atom stereocenters. The van der Waals surface area contributed by atoms with Gasteiger partial charge in [0, 0.05) is 19.2 Å². The van der Waals surface area contributed by atoms with Gasteiger partial charge < -0.3 is 10.4 Å². The van der Waals surface area contributed by atoms with Crippen molar-refractivity contribution in [2.24, 2.45) is 0 Å². The van der Waals surface area contributed by atoms with Gasteiger partial charge in [0.25, 0.3) is 0 Å². The van der Waals surface area contributed by atoms with Crippen LogP contribution in [0.1, 0.15) is 29.6 Å². The molecule has 0 aliphatic carbocycles. The number of hydrogen-bond donors (Lipinski definition) is 2. The molecule has 0 bridgehead atoms. The molecule has 0 saturated heterocycles. The second kappa shape index (κ2) is 6.46. The molecule has 16 heavy (non-hydrogen) atoms. The summed E-state index contributed by atoms with van der Waals surface area (Å²) in [6.45, 7) is 0.793. The van der Waals surface area contributed by atoms with Crippen LogP contribution in [-0.2, 0) is 0 Å². The Morgan fingerprint density at radius 2 is 2.31 bits per heavy atom. The zero-order valence-electron chi connectivity index (χ0n) is 8.94. The Hall–Kier alpha value is -2.02. The second-order valence-corrected chi connectivity index (χ2v) is 3.33. The number of aromatic nitrogens is 1. The fraction of sp³-hybridized carbons (Fsp3) is 0.333. The van der Waals surface area contributed by atoms with Crippen LogP contribution in [0.5, 0.6) is 0 Å².